The van der Waals surface area contributed by atoms with E-state index in [-0.39, 0.29) is 6.42 Å². The third-order valence-electron chi connectivity index (χ3n) is 0.795. The zero-order chi connectivity index (χ0) is 13.7. The summed E-state index contributed by atoms with van der Waals surface area (Å²) < 4.78 is 0. The Balaban J connectivity index is -0.000000160. The predicted octanol–water partition coefficient (Wildman–Crippen LogP) is -1.00. The van der Waals surface area contributed by atoms with Gasteiger partial charge in [0.05, 0.1) is 0 Å². The van der Waals surface area contributed by atoms with Crippen LogP contribution in [0.25, 0.3) is 0 Å². The van der Waals surface area contributed by atoms with Crippen molar-refractivity contribution < 1.29 is 39.9 Å². The maximum atomic E-state index is 9.45. The first-order chi connectivity index (χ1) is 7.18. The van der Waals surface area contributed by atoms with Gasteiger partial charge < -0.3 is 25.5 Å². The minimum absolute atomic E-state index is 0.222. The maximum absolute atomic E-state index is 9.45. The van der Waals surface area contributed by atoms with Crippen molar-refractivity contribution in [2.24, 2.45) is 0 Å². The van der Waals surface area contributed by atoms with E-state index in [1.165, 1.54) is 6.92 Å². The average Bonchev–Trinajstić information content (AvgIpc) is 2.19. The van der Waals surface area contributed by atoms with Gasteiger partial charge in [0.15, 0.2) is 0 Å². The molecular weight excluding hydrogens is 224 g/mol. The molecule has 8 heteroatoms. The van der Waals surface area contributed by atoms with Crippen molar-refractivity contribution >= 4 is 17.9 Å². The number of aliphatic carboxylic acids is 3. The van der Waals surface area contributed by atoms with E-state index in [0.717, 1.165) is 0 Å². The Morgan fingerprint density at radius 1 is 1.06 bits per heavy atom. The van der Waals surface area contributed by atoms with Crippen LogP contribution in [0.5, 0.6) is 0 Å². The van der Waals surface area contributed by atoms with Gasteiger partial charge in [-0.2, -0.15) is 0 Å². The highest BCUT2D eigenvalue weighted by molar-refractivity contribution is 5.71. The van der Waals surface area contributed by atoms with Crippen LogP contribution in [0.4, 0.5) is 0 Å². The Labute approximate surface area is 91.8 Å². The standard InChI is InChI=1S/C3H6O3.C3H6O2.C2H4O3/c1-2(4)3(5)6;1-2-3(4)5;3-1-2(4)5/h2,4H,1H3,(H,5,6);2H2,1H3,(H,4,5);3H,1H2,(H,4,5). The van der Waals surface area contributed by atoms with Crippen LogP contribution in [-0.4, -0.2) is 56.2 Å². The number of carboxylic acids is 3. The van der Waals surface area contributed by atoms with Crippen LogP contribution in [-0.2, 0) is 14.4 Å². The van der Waals surface area contributed by atoms with Crippen molar-refractivity contribution in [3.63, 3.8) is 0 Å². The Kier molecular flexibility index (Phi) is 16.5. The van der Waals surface area contributed by atoms with E-state index < -0.39 is 30.6 Å². The lowest BCUT2D eigenvalue weighted by Gasteiger charge is -1.89. The second-order valence-electron chi connectivity index (χ2n) is 2.31. The summed E-state index contributed by atoms with van der Waals surface area (Å²) in [4.78, 5) is 27.9. The molecule has 1 atom stereocenters. The van der Waals surface area contributed by atoms with Crippen LogP contribution < -0.4 is 0 Å². The molecule has 5 N–H and O–H groups in total. The number of aliphatic hydroxyl groups is 2. The molecule has 0 fully saturated rings. The molecule has 0 aliphatic heterocycles. The van der Waals surface area contributed by atoms with Gasteiger partial charge in [0.25, 0.3) is 0 Å². The van der Waals surface area contributed by atoms with E-state index in [1.807, 2.05) is 0 Å². The van der Waals surface area contributed by atoms with E-state index >= 15 is 0 Å². The van der Waals surface area contributed by atoms with Gasteiger partial charge in [-0.1, -0.05) is 6.92 Å². The third-order valence-corrected chi connectivity index (χ3v) is 0.795. The SMILES string of the molecule is CC(O)C(=O)O.CCC(=O)O.O=C(O)CO. The third kappa shape index (κ3) is 39.5. The van der Waals surface area contributed by atoms with Crippen molar-refractivity contribution in [3.8, 4) is 0 Å². The number of rotatable bonds is 3. The molecule has 0 spiro atoms. The van der Waals surface area contributed by atoms with Crippen LogP contribution in [0.2, 0.25) is 0 Å². The highest BCUT2D eigenvalue weighted by atomic mass is 16.4. The van der Waals surface area contributed by atoms with E-state index in [0.29, 0.717) is 0 Å². The zero-order valence-corrected chi connectivity index (χ0v) is 8.95. The van der Waals surface area contributed by atoms with E-state index in [4.69, 9.17) is 30.3 Å². The summed E-state index contributed by atoms with van der Waals surface area (Å²) in [5.41, 5.74) is 0. The maximum Gasteiger partial charge on any atom is 0.332 e. The second-order valence-corrected chi connectivity index (χ2v) is 2.31. The minimum Gasteiger partial charge on any atom is -0.481 e. The van der Waals surface area contributed by atoms with Gasteiger partial charge in [-0.3, -0.25) is 4.79 Å². The molecular formula is C8H16O8. The Bertz CT molecular complexity index is 196. The van der Waals surface area contributed by atoms with Gasteiger partial charge in [0, 0.05) is 6.42 Å². The fourth-order valence-corrected chi connectivity index (χ4v) is 0. The first-order valence-electron chi connectivity index (χ1n) is 4.14. The quantitative estimate of drug-likeness (QED) is 0.421. The first kappa shape index (κ1) is 19.8. The molecule has 1 unspecified atom stereocenters. The highest BCUT2D eigenvalue weighted by Gasteiger charge is 2.01. The minimum atomic E-state index is -1.23. The van der Waals surface area contributed by atoms with E-state index in [1.54, 1.807) is 6.92 Å². The Morgan fingerprint density at radius 2 is 1.25 bits per heavy atom. The number of hydrogen-bond donors (Lipinski definition) is 5. The Hall–Kier alpha value is -1.67. The monoisotopic (exact) mass is 240 g/mol. The highest BCUT2D eigenvalue weighted by Crippen LogP contribution is 1.73. The number of carbonyl (C=O) groups is 3. The van der Waals surface area contributed by atoms with Crippen LogP contribution in [0.15, 0.2) is 0 Å². The van der Waals surface area contributed by atoms with Crippen molar-refractivity contribution in [2.45, 2.75) is 26.4 Å². The van der Waals surface area contributed by atoms with Gasteiger partial charge >= 0.3 is 17.9 Å². The molecule has 0 rings (SSSR count). The predicted molar refractivity (Wildman–Crippen MR) is 52.0 cm³/mol. The molecule has 0 aliphatic rings. The summed E-state index contributed by atoms with van der Waals surface area (Å²) in [6, 6.07) is 0. The van der Waals surface area contributed by atoms with Crippen LogP contribution in [0.1, 0.15) is 20.3 Å². The summed E-state index contributed by atoms with van der Waals surface area (Å²) in [7, 11) is 0. The number of carboxylic acid groups (broad SMARTS) is 3. The van der Waals surface area contributed by atoms with Gasteiger partial charge in [0.1, 0.15) is 12.7 Å². The number of aliphatic hydroxyl groups excluding tert-OH is 2. The lowest BCUT2D eigenvalue weighted by Crippen LogP contribution is -2.13. The number of hydrogen-bond acceptors (Lipinski definition) is 5. The summed E-state index contributed by atoms with van der Waals surface area (Å²) in [5.74, 6) is -3.12. The lowest BCUT2D eigenvalue weighted by molar-refractivity contribution is -0.145. The lowest BCUT2D eigenvalue weighted by atomic mass is 10.4. The molecule has 0 aromatic heterocycles. The van der Waals surface area contributed by atoms with Crippen molar-refractivity contribution in [1.82, 2.24) is 0 Å². The molecule has 0 heterocycles. The summed E-state index contributed by atoms with van der Waals surface area (Å²) in [6.45, 7) is 2.02. The summed E-state index contributed by atoms with van der Waals surface area (Å²) in [6.07, 6.45) is -1.01. The molecule has 0 saturated carbocycles. The molecule has 8 nitrogen and oxygen atoms in total. The van der Waals surface area contributed by atoms with Crippen molar-refractivity contribution in [2.75, 3.05) is 6.61 Å². The fourth-order valence-electron chi connectivity index (χ4n) is 0. The molecule has 16 heavy (non-hydrogen) atoms. The van der Waals surface area contributed by atoms with Gasteiger partial charge in [-0.15, -0.1) is 0 Å². The van der Waals surface area contributed by atoms with Crippen LogP contribution in [0, 0.1) is 0 Å². The molecule has 0 bridgehead atoms. The van der Waals surface area contributed by atoms with Crippen LogP contribution in [0.3, 0.4) is 0 Å². The summed E-state index contributed by atoms with van der Waals surface area (Å²) >= 11 is 0. The fraction of sp³-hybridized carbons (Fsp3) is 0.625. The zero-order valence-electron chi connectivity index (χ0n) is 8.95. The largest absolute Gasteiger partial charge is 0.481 e. The smallest absolute Gasteiger partial charge is 0.332 e. The molecule has 0 amide bonds. The van der Waals surface area contributed by atoms with E-state index in [9.17, 15) is 9.59 Å². The molecule has 0 aromatic rings. The van der Waals surface area contributed by atoms with Gasteiger partial charge in [-0.25, -0.2) is 9.59 Å². The molecule has 0 radical (unpaired) electrons. The van der Waals surface area contributed by atoms with Crippen molar-refractivity contribution in [3.05, 3.63) is 0 Å². The topological polar surface area (TPSA) is 152 Å². The van der Waals surface area contributed by atoms with Crippen LogP contribution >= 0.6 is 0 Å². The Morgan fingerprint density at radius 3 is 1.25 bits per heavy atom. The van der Waals surface area contributed by atoms with Gasteiger partial charge in [-0.05, 0) is 6.92 Å². The van der Waals surface area contributed by atoms with Crippen molar-refractivity contribution in [1.29, 1.82) is 0 Å². The molecule has 0 aliphatic carbocycles. The molecule has 96 valence electrons. The summed E-state index contributed by atoms with van der Waals surface area (Å²) in [5, 5.41) is 38.5. The molecule has 0 saturated heterocycles. The van der Waals surface area contributed by atoms with Gasteiger partial charge in [0.2, 0.25) is 0 Å². The normalized spacial score (nSPS) is 9.75. The molecule has 0 aromatic carbocycles. The second kappa shape index (κ2) is 13.3. The first-order valence-corrected chi connectivity index (χ1v) is 4.14. The average molecular weight is 240 g/mol. The van der Waals surface area contributed by atoms with E-state index in [2.05, 4.69) is 0 Å².